The molecule has 0 bridgehead atoms. The molecule has 1 saturated carbocycles. The number of para-hydroxylation sites is 2. The molecule has 3 aromatic heterocycles. The van der Waals surface area contributed by atoms with Gasteiger partial charge in [-0.3, -0.25) is 4.98 Å². The van der Waals surface area contributed by atoms with E-state index in [1.54, 1.807) is 0 Å². The zero-order valence-corrected chi connectivity index (χ0v) is 15.9. The van der Waals surface area contributed by atoms with Crippen LogP contribution in [-0.2, 0) is 6.54 Å². The first-order valence-corrected chi connectivity index (χ1v) is 10.6. The fourth-order valence-corrected chi connectivity index (χ4v) is 5.88. The van der Waals surface area contributed by atoms with Crippen LogP contribution in [0.15, 0.2) is 54.7 Å². The lowest BCUT2D eigenvalue weighted by molar-refractivity contribution is -0.631. The van der Waals surface area contributed by atoms with Gasteiger partial charge >= 0.3 is 0 Å². The zero-order chi connectivity index (χ0) is 18.2. The molecule has 0 N–H and O–H groups in total. The predicted octanol–water partition coefficient (Wildman–Crippen LogP) is 5.49. The minimum Gasteiger partial charge on any atom is -0.255 e. The van der Waals surface area contributed by atoms with Crippen molar-refractivity contribution in [1.29, 1.82) is 0 Å². The van der Waals surface area contributed by atoms with Crippen LogP contribution in [-0.4, -0.2) is 9.38 Å². The van der Waals surface area contributed by atoms with Crippen LogP contribution in [0.3, 0.4) is 0 Å². The van der Waals surface area contributed by atoms with Gasteiger partial charge in [-0.1, -0.05) is 43.5 Å². The number of nitrogens with zero attached hydrogens (tertiary/aromatic N) is 3. The summed E-state index contributed by atoms with van der Waals surface area (Å²) in [7, 11) is 0. The number of hydrogen-bond donors (Lipinski definition) is 0. The first kappa shape index (κ1) is 15.0. The Morgan fingerprint density at radius 2 is 1.71 bits per heavy atom. The maximum atomic E-state index is 4.95. The molecule has 3 heteroatoms. The van der Waals surface area contributed by atoms with E-state index in [0.717, 1.165) is 6.54 Å². The van der Waals surface area contributed by atoms with Gasteiger partial charge in [-0.25, -0.2) is 4.57 Å². The minimum absolute atomic E-state index is 0.665. The third-order valence-corrected chi connectivity index (χ3v) is 7.07. The standard InChI is InChI=1S/C25H22N3/c1-2-7-16(8-3-1)18-9-6-12-21-23(18)24-22-17(13-14-26-24)15-27-19-10-4-5-11-20(19)28(21)25(22)27/h4-6,9-14,16H,1-3,7-8,15H2/q+1. The fourth-order valence-electron chi connectivity index (χ4n) is 5.88. The second-order valence-corrected chi connectivity index (χ2v) is 8.50. The summed E-state index contributed by atoms with van der Waals surface area (Å²) in [6, 6.07) is 18.0. The van der Waals surface area contributed by atoms with Crippen molar-refractivity contribution in [1.82, 2.24) is 9.38 Å². The molecule has 4 heterocycles. The summed E-state index contributed by atoms with van der Waals surface area (Å²) >= 11 is 0. The van der Waals surface area contributed by atoms with E-state index >= 15 is 0 Å². The second-order valence-electron chi connectivity index (χ2n) is 8.50. The van der Waals surface area contributed by atoms with Gasteiger partial charge in [0, 0.05) is 11.8 Å². The Bertz CT molecular complexity index is 1420. The van der Waals surface area contributed by atoms with Gasteiger partial charge in [0.15, 0.2) is 11.0 Å². The smallest absolute Gasteiger partial charge is 0.255 e. The van der Waals surface area contributed by atoms with E-state index in [1.807, 2.05) is 6.20 Å². The number of aromatic nitrogens is 3. The van der Waals surface area contributed by atoms with Crippen molar-refractivity contribution in [3.8, 4) is 0 Å². The molecule has 1 fully saturated rings. The first-order valence-electron chi connectivity index (χ1n) is 10.6. The Hall–Kier alpha value is -2.94. The number of hydrogen-bond acceptors (Lipinski definition) is 1. The number of imidazole rings is 1. The molecule has 0 amide bonds. The van der Waals surface area contributed by atoms with E-state index in [2.05, 4.69) is 57.5 Å². The van der Waals surface area contributed by atoms with Crippen molar-refractivity contribution in [3.63, 3.8) is 0 Å². The second kappa shape index (κ2) is 5.32. The third kappa shape index (κ3) is 1.75. The van der Waals surface area contributed by atoms with Crippen LogP contribution >= 0.6 is 0 Å². The third-order valence-electron chi connectivity index (χ3n) is 7.07. The largest absolute Gasteiger partial charge is 0.298 e. The highest BCUT2D eigenvalue weighted by Crippen LogP contribution is 2.41. The molecule has 0 saturated heterocycles. The molecule has 1 aliphatic heterocycles. The van der Waals surface area contributed by atoms with Gasteiger partial charge < -0.3 is 0 Å². The number of rotatable bonds is 1. The molecule has 0 spiro atoms. The van der Waals surface area contributed by atoms with E-state index in [0.29, 0.717) is 5.92 Å². The maximum Gasteiger partial charge on any atom is 0.298 e. The molecular weight excluding hydrogens is 342 g/mol. The summed E-state index contributed by atoms with van der Waals surface area (Å²) in [4.78, 5) is 4.95. The molecule has 0 atom stereocenters. The molecule has 3 nitrogen and oxygen atoms in total. The van der Waals surface area contributed by atoms with E-state index in [1.165, 1.54) is 81.7 Å². The van der Waals surface area contributed by atoms with Crippen LogP contribution in [0, 0.1) is 0 Å². The Morgan fingerprint density at radius 3 is 2.64 bits per heavy atom. The molecule has 136 valence electrons. The number of benzene rings is 2. The van der Waals surface area contributed by atoms with E-state index < -0.39 is 0 Å². The topological polar surface area (TPSA) is 21.2 Å². The van der Waals surface area contributed by atoms with Crippen LogP contribution in [0.25, 0.3) is 38.5 Å². The highest BCUT2D eigenvalue weighted by Gasteiger charge is 2.33. The van der Waals surface area contributed by atoms with E-state index in [-0.39, 0.29) is 0 Å². The minimum atomic E-state index is 0.665. The van der Waals surface area contributed by atoms with E-state index in [4.69, 9.17) is 4.98 Å². The molecule has 5 aromatic rings. The molecule has 2 aliphatic rings. The first-order chi connectivity index (χ1) is 13.9. The molecule has 0 radical (unpaired) electrons. The quantitative estimate of drug-likeness (QED) is 0.279. The molecule has 2 aromatic carbocycles. The maximum absolute atomic E-state index is 4.95. The van der Waals surface area contributed by atoms with Gasteiger partial charge in [0.2, 0.25) is 0 Å². The van der Waals surface area contributed by atoms with E-state index in [9.17, 15) is 0 Å². The van der Waals surface area contributed by atoms with Gasteiger partial charge in [-0.15, -0.1) is 0 Å². The average Bonchev–Trinajstić information content (AvgIpc) is 3.29. The highest BCUT2D eigenvalue weighted by atomic mass is 15.1. The SMILES string of the molecule is c1cc(C2CCCCC2)c2c3nccc4c3c3n(c2c1)c1ccccc1[n+]3C4. The van der Waals surface area contributed by atoms with Crippen LogP contribution in [0.4, 0.5) is 0 Å². The van der Waals surface area contributed by atoms with Crippen molar-refractivity contribution in [2.75, 3.05) is 0 Å². The summed E-state index contributed by atoms with van der Waals surface area (Å²) in [6.45, 7) is 0.945. The lowest BCUT2D eigenvalue weighted by atomic mass is 9.82. The van der Waals surface area contributed by atoms with Crippen LogP contribution < -0.4 is 4.57 Å². The number of fused-ring (bicyclic) bond motifs is 6. The van der Waals surface area contributed by atoms with Crippen LogP contribution in [0.1, 0.15) is 49.1 Å². The zero-order valence-electron chi connectivity index (χ0n) is 15.9. The molecule has 28 heavy (non-hydrogen) atoms. The Morgan fingerprint density at radius 1 is 0.857 bits per heavy atom. The van der Waals surface area contributed by atoms with Gasteiger partial charge in [-0.05, 0) is 48.6 Å². The van der Waals surface area contributed by atoms with Crippen LogP contribution in [0.2, 0.25) is 0 Å². The Balaban J connectivity index is 1.75. The van der Waals surface area contributed by atoms with Gasteiger partial charge in [0.25, 0.3) is 5.65 Å². The fraction of sp³-hybridized carbons (Fsp3) is 0.280. The van der Waals surface area contributed by atoms with Gasteiger partial charge in [0.05, 0.1) is 16.3 Å². The van der Waals surface area contributed by atoms with Crippen molar-refractivity contribution in [3.05, 3.63) is 65.9 Å². The lowest BCUT2D eigenvalue weighted by Crippen LogP contribution is -2.30. The van der Waals surface area contributed by atoms with Crippen molar-refractivity contribution < 1.29 is 4.57 Å². The van der Waals surface area contributed by atoms with Gasteiger partial charge in [-0.2, -0.15) is 4.40 Å². The summed E-state index contributed by atoms with van der Waals surface area (Å²) in [6.07, 6.45) is 8.73. The van der Waals surface area contributed by atoms with Crippen LogP contribution in [0.5, 0.6) is 0 Å². The summed E-state index contributed by atoms with van der Waals surface area (Å²) in [5, 5.41) is 2.74. The highest BCUT2D eigenvalue weighted by molar-refractivity contribution is 6.13. The number of pyridine rings is 2. The molecule has 7 rings (SSSR count). The summed E-state index contributed by atoms with van der Waals surface area (Å²) in [5.74, 6) is 0.665. The summed E-state index contributed by atoms with van der Waals surface area (Å²) in [5.41, 5.74) is 9.37. The van der Waals surface area contributed by atoms with Crippen molar-refractivity contribution in [2.24, 2.45) is 0 Å². The predicted molar refractivity (Wildman–Crippen MR) is 113 cm³/mol. The van der Waals surface area contributed by atoms with Gasteiger partial charge in [0.1, 0.15) is 12.1 Å². The summed E-state index contributed by atoms with van der Waals surface area (Å²) < 4.78 is 4.97. The Kier molecular flexibility index (Phi) is 2.85. The Labute approximate surface area is 163 Å². The monoisotopic (exact) mass is 364 g/mol. The lowest BCUT2D eigenvalue weighted by Gasteiger charge is -2.23. The van der Waals surface area contributed by atoms with Crippen molar-refractivity contribution >= 4 is 38.5 Å². The average molecular weight is 364 g/mol. The normalized spacial score (nSPS) is 17.0. The molecule has 1 aliphatic carbocycles. The molecule has 0 unspecified atom stereocenters. The van der Waals surface area contributed by atoms with Crippen molar-refractivity contribution in [2.45, 2.75) is 44.6 Å². The molecular formula is C25H22N3+.